The van der Waals surface area contributed by atoms with Gasteiger partial charge in [0, 0.05) is 11.3 Å². The van der Waals surface area contributed by atoms with Crippen LogP contribution < -0.4 is 14.8 Å². The third-order valence-corrected chi connectivity index (χ3v) is 5.73. The number of nitrogens with zero attached hydrogens (tertiary/aromatic N) is 1. The number of ether oxygens (including phenoxy) is 1. The van der Waals surface area contributed by atoms with Crippen molar-refractivity contribution in [2.24, 2.45) is 0 Å². The van der Waals surface area contributed by atoms with Crippen molar-refractivity contribution in [3.63, 3.8) is 0 Å². The molecule has 0 atom stereocenters. The molecular weight excluding hydrogens is 390 g/mol. The van der Waals surface area contributed by atoms with Crippen LogP contribution in [-0.2, 0) is 10.0 Å². The number of carbonyl (C=O) groups is 1. The second-order valence-corrected chi connectivity index (χ2v) is 8.06. The van der Waals surface area contributed by atoms with Gasteiger partial charge in [0.1, 0.15) is 11.6 Å². The molecule has 0 spiro atoms. The van der Waals surface area contributed by atoms with Gasteiger partial charge in [0.15, 0.2) is 0 Å². The number of rotatable bonds is 6. The minimum atomic E-state index is -3.94. The number of hydrogen-bond acceptors (Lipinski definition) is 5. The van der Waals surface area contributed by atoms with Gasteiger partial charge in [-0.2, -0.15) is 0 Å². The molecule has 0 aliphatic heterocycles. The summed E-state index contributed by atoms with van der Waals surface area (Å²) in [5.74, 6) is 0.345. The second kappa shape index (κ2) is 8.32. The van der Waals surface area contributed by atoms with Crippen molar-refractivity contribution in [3.05, 3.63) is 77.5 Å². The van der Waals surface area contributed by atoms with Gasteiger partial charge in [-0.15, -0.1) is 0 Å². The fourth-order valence-corrected chi connectivity index (χ4v) is 4.10. The highest BCUT2D eigenvalue weighted by Crippen LogP contribution is 2.27. The molecule has 0 aliphatic carbocycles. The third kappa shape index (κ3) is 4.72. The number of sulfonamides is 1. The van der Waals surface area contributed by atoms with E-state index in [2.05, 4.69) is 15.0 Å². The lowest BCUT2D eigenvalue weighted by Gasteiger charge is -2.14. The fraction of sp³-hybridized carbons (Fsp3) is 0.143. The lowest BCUT2D eigenvalue weighted by atomic mass is 10.1. The summed E-state index contributed by atoms with van der Waals surface area (Å²) in [4.78, 5) is 16.8. The van der Waals surface area contributed by atoms with Gasteiger partial charge >= 0.3 is 0 Å². The van der Waals surface area contributed by atoms with Crippen LogP contribution in [0.3, 0.4) is 0 Å². The fourth-order valence-electron chi connectivity index (χ4n) is 2.76. The van der Waals surface area contributed by atoms with Crippen LogP contribution in [0, 0.1) is 13.8 Å². The van der Waals surface area contributed by atoms with Crippen LogP contribution in [0.2, 0.25) is 0 Å². The number of pyridine rings is 1. The van der Waals surface area contributed by atoms with E-state index in [1.807, 2.05) is 13.0 Å². The van der Waals surface area contributed by atoms with Crippen molar-refractivity contribution in [1.82, 2.24) is 4.98 Å². The molecule has 0 saturated heterocycles. The molecule has 0 fully saturated rings. The number of amides is 1. The zero-order valence-corrected chi connectivity index (χ0v) is 17.1. The van der Waals surface area contributed by atoms with Crippen LogP contribution in [-0.4, -0.2) is 26.4 Å². The van der Waals surface area contributed by atoms with E-state index in [9.17, 15) is 13.2 Å². The number of aryl methyl sites for hydroxylation is 2. The van der Waals surface area contributed by atoms with Crippen molar-refractivity contribution < 1.29 is 17.9 Å². The standard InChI is InChI=1S/C21H21N3O4S/c1-14-11-12-16(21(25)23-20-10-6-7-15(2)22-20)13-19(14)29(26,27)24-17-8-4-5-9-18(17)28-3/h4-13,24H,1-3H3,(H,22,23,25). The molecule has 7 nitrogen and oxygen atoms in total. The summed E-state index contributed by atoms with van der Waals surface area (Å²) in [7, 11) is -2.48. The number of methoxy groups -OCH3 is 1. The molecule has 150 valence electrons. The van der Waals surface area contributed by atoms with Gasteiger partial charge in [-0.1, -0.05) is 24.3 Å². The highest BCUT2D eigenvalue weighted by Gasteiger charge is 2.21. The molecular formula is C21H21N3O4S. The molecule has 0 aliphatic rings. The molecule has 1 amide bonds. The SMILES string of the molecule is COc1ccccc1NS(=O)(=O)c1cc(C(=O)Nc2cccc(C)n2)ccc1C. The maximum Gasteiger partial charge on any atom is 0.262 e. The Balaban J connectivity index is 1.90. The normalized spacial score (nSPS) is 11.0. The van der Waals surface area contributed by atoms with Crippen LogP contribution >= 0.6 is 0 Å². The molecule has 2 N–H and O–H groups in total. The average Bonchev–Trinajstić information content (AvgIpc) is 2.68. The molecule has 3 aromatic rings. The van der Waals surface area contributed by atoms with Crippen LogP contribution in [0.15, 0.2) is 65.6 Å². The molecule has 8 heteroatoms. The summed E-state index contributed by atoms with van der Waals surface area (Å²) >= 11 is 0. The topological polar surface area (TPSA) is 97.4 Å². The smallest absolute Gasteiger partial charge is 0.262 e. The number of aromatic nitrogens is 1. The summed E-state index contributed by atoms with van der Waals surface area (Å²) < 4.78 is 33.6. The van der Waals surface area contributed by atoms with Crippen LogP contribution in [0.25, 0.3) is 0 Å². The van der Waals surface area contributed by atoms with Gasteiger partial charge in [-0.25, -0.2) is 13.4 Å². The Morgan fingerprint density at radius 2 is 1.76 bits per heavy atom. The molecule has 3 rings (SSSR count). The summed E-state index contributed by atoms with van der Waals surface area (Å²) in [5, 5.41) is 2.68. The summed E-state index contributed by atoms with van der Waals surface area (Å²) in [5.41, 5.74) is 1.79. The number of hydrogen-bond donors (Lipinski definition) is 2. The largest absolute Gasteiger partial charge is 0.495 e. The number of benzene rings is 2. The lowest BCUT2D eigenvalue weighted by molar-refractivity contribution is 0.102. The highest BCUT2D eigenvalue weighted by atomic mass is 32.2. The molecule has 2 aromatic carbocycles. The summed E-state index contributed by atoms with van der Waals surface area (Å²) in [6, 6.07) is 16.5. The van der Waals surface area contributed by atoms with E-state index in [0.29, 0.717) is 22.8 Å². The monoisotopic (exact) mass is 411 g/mol. The van der Waals surface area contributed by atoms with Gasteiger partial charge < -0.3 is 10.1 Å². The highest BCUT2D eigenvalue weighted by molar-refractivity contribution is 7.92. The van der Waals surface area contributed by atoms with E-state index in [0.717, 1.165) is 5.69 Å². The Labute approximate surface area is 169 Å². The van der Waals surface area contributed by atoms with Gasteiger partial charge in [-0.3, -0.25) is 9.52 Å². The minimum absolute atomic E-state index is 0.00765. The van der Waals surface area contributed by atoms with Crippen LogP contribution in [0.5, 0.6) is 5.75 Å². The molecule has 0 unspecified atom stereocenters. The number of para-hydroxylation sites is 2. The zero-order chi connectivity index (χ0) is 21.0. The number of carbonyl (C=O) groups excluding carboxylic acids is 1. The maximum absolute atomic E-state index is 13.0. The Morgan fingerprint density at radius 3 is 2.48 bits per heavy atom. The Hall–Kier alpha value is -3.39. The van der Waals surface area contributed by atoms with Crippen molar-refractivity contribution in [2.45, 2.75) is 18.7 Å². The van der Waals surface area contributed by atoms with Crippen LogP contribution in [0.1, 0.15) is 21.6 Å². The van der Waals surface area contributed by atoms with Gasteiger partial charge in [0.2, 0.25) is 0 Å². The maximum atomic E-state index is 13.0. The Kier molecular flexibility index (Phi) is 5.84. The van der Waals surface area contributed by atoms with Crippen molar-refractivity contribution >= 4 is 27.4 Å². The molecule has 1 heterocycles. The molecule has 0 bridgehead atoms. The van der Waals surface area contributed by atoms with Crippen molar-refractivity contribution in [1.29, 1.82) is 0 Å². The van der Waals surface area contributed by atoms with Crippen LogP contribution in [0.4, 0.5) is 11.5 Å². The van der Waals surface area contributed by atoms with E-state index in [4.69, 9.17) is 4.74 Å². The Morgan fingerprint density at radius 1 is 1.00 bits per heavy atom. The van der Waals surface area contributed by atoms with E-state index >= 15 is 0 Å². The van der Waals surface area contributed by atoms with Gasteiger partial charge in [-0.05, 0) is 55.8 Å². The first-order valence-electron chi connectivity index (χ1n) is 8.81. The molecule has 0 radical (unpaired) electrons. The Bertz CT molecular complexity index is 1160. The average molecular weight is 411 g/mol. The molecule has 1 aromatic heterocycles. The second-order valence-electron chi connectivity index (χ2n) is 6.40. The van der Waals surface area contributed by atoms with E-state index in [1.165, 1.54) is 13.2 Å². The number of anilines is 2. The van der Waals surface area contributed by atoms with E-state index in [-0.39, 0.29) is 10.5 Å². The summed E-state index contributed by atoms with van der Waals surface area (Å²) in [6.45, 7) is 3.48. The first kappa shape index (κ1) is 20.3. The zero-order valence-electron chi connectivity index (χ0n) is 16.3. The summed E-state index contributed by atoms with van der Waals surface area (Å²) in [6.07, 6.45) is 0. The minimum Gasteiger partial charge on any atom is -0.495 e. The van der Waals surface area contributed by atoms with E-state index < -0.39 is 15.9 Å². The number of nitrogens with one attached hydrogen (secondary N) is 2. The van der Waals surface area contributed by atoms with Crippen molar-refractivity contribution in [2.75, 3.05) is 17.1 Å². The molecule has 0 saturated carbocycles. The van der Waals surface area contributed by atoms with Crippen molar-refractivity contribution in [3.8, 4) is 5.75 Å². The predicted molar refractivity (Wildman–Crippen MR) is 112 cm³/mol. The van der Waals surface area contributed by atoms with E-state index in [1.54, 1.807) is 55.5 Å². The predicted octanol–water partition coefficient (Wildman–Crippen LogP) is 3.76. The lowest BCUT2D eigenvalue weighted by Crippen LogP contribution is -2.18. The quantitative estimate of drug-likeness (QED) is 0.644. The first-order chi connectivity index (χ1) is 13.8. The molecule has 29 heavy (non-hydrogen) atoms. The first-order valence-corrected chi connectivity index (χ1v) is 10.3. The van der Waals surface area contributed by atoms with Gasteiger partial charge in [0.05, 0.1) is 17.7 Å². The van der Waals surface area contributed by atoms with Gasteiger partial charge in [0.25, 0.3) is 15.9 Å². The third-order valence-electron chi connectivity index (χ3n) is 4.22.